The Balaban J connectivity index is 2.04. The van der Waals surface area contributed by atoms with Gasteiger partial charge in [-0.1, -0.05) is 12.5 Å². The van der Waals surface area contributed by atoms with Crippen LogP contribution in [0.25, 0.3) is 0 Å². The number of methoxy groups -OCH3 is 1. The van der Waals surface area contributed by atoms with Gasteiger partial charge in [-0.2, -0.15) is 0 Å². The summed E-state index contributed by atoms with van der Waals surface area (Å²) in [5.41, 5.74) is 0.977. The van der Waals surface area contributed by atoms with E-state index in [0.29, 0.717) is 11.8 Å². The van der Waals surface area contributed by atoms with E-state index in [0.717, 1.165) is 5.56 Å². The van der Waals surface area contributed by atoms with Crippen molar-refractivity contribution in [1.29, 1.82) is 0 Å². The second kappa shape index (κ2) is 4.83. The van der Waals surface area contributed by atoms with Crippen molar-refractivity contribution in [3.63, 3.8) is 0 Å². The third kappa shape index (κ3) is 2.35. The van der Waals surface area contributed by atoms with Crippen LogP contribution in [0, 0.1) is 5.82 Å². The fraction of sp³-hybridized carbons (Fsp3) is 0.538. The molecule has 1 aromatic rings. The molecule has 2 rings (SSSR count). The number of nitrogens with one attached hydrogen (secondary N) is 1. The first-order valence-electron chi connectivity index (χ1n) is 5.80. The van der Waals surface area contributed by atoms with Gasteiger partial charge in [0.15, 0.2) is 11.6 Å². The molecule has 0 bridgehead atoms. The molecule has 1 aliphatic carbocycles. The summed E-state index contributed by atoms with van der Waals surface area (Å²) in [5, 5.41) is 3.49. The van der Waals surface area contributed by atoms with E-state index in [1.165, 1.54) is 26.4 Å². The largest absolute Gasteiger partial charge is 0.494 e. The molecule has 3 heteroatoms. The van der Waals surface area contributed by atoms with Gasteiger partial charge in [0, 0.05) is 12.1 Å². The van der Waals surface area contributed by atoms with Crippen LogP contribution in [-0.2, 0) is 0 Å². The molecule has 1 fully saturated rings. The molecule has 0 heterocycles. The average Bonchev–Trinajstić information content (AvgIpc) is 2.23. The van der Waals surface area contributed by atoms with Gasteiger partial charge in [0.1, 0.15) is 0 Å². The van der Waals surface area contributed by atoms with Crippen molar-refractivity contribution in [2.24, 2.45) is 0 Å². The molecule has 1 unspecified atom stereocenters. The first-order chi connectivity index (χ1) is 7.70. The van der Waals surface area contributed by atoms with Gasteiger partial charge >= 0.3 is 0 Å². The number of rotatable bonds is 4. The van der Waals surface area contributed by atoms with Crippen molar-refractivity contribution in [3.8, 4) is 5.75 Å². The van der Waals surface area contributed by atoms with Crippen molar-refractivity contribution in [3.05, 3.63) is 29.6 Å². The second-order valence-corrected chi connectivity index (χ2v) is 4.41. The lowest BCUT2D eigenvalue weighted by atomic mass is 9.92. The molecule has 0 saturated heterocycles. The predicted molar refractivity (Wildman–Crippen MR) is 62.1 cm³/mol. The molecule has 1 aromatic carbocycles. The molecule has 0 aromatic heterocycles. The van der Waals surface area contributed by atoms with Crippen LogP contribution in [-0.4, -0.2) is 13.2 Å². The fourth-order valence-electron chi connectivity index (χ4n) is 1.98. The van der Waals surface area contributed by atoms with Crippen LogP contribution < -0.4 is 10.1 Å². The molecule has 1 aliphatic rings. The Kier molecular flexibility index (Phi) is 3.44. The summed E-state index contributed by atoms with van der Waals surface area (Å²) in [5.74, 6) is 0.0156. The van der Waals surface area contributed by atoms with Crippen LogP contribution in [0.1, 0.15) is 37.8 Å². The van der Waals surface area contributed by atoms with Crippen molar-refractivity contribution in [1.82, 2.24) is 5.32 Å². The standard InChI is InChI=1S/C13H18FNO/c1-9(15-11-4-3-5-11)10-6-7-13(16-2)12(14)8-10/h6-9,11,15H,3-5H2,1-2H3. The quantitative estimate of drug-likeness (QED) is 0.847. The van der Waals surface area contributed by atoms with Gasteiger partial charge < -0.3 is 10.1 Å². The Morgan fingerprint density at radius 1 is 1.44 bits per heavy atom. The minimum Gasteiger partial charge on any atom is -0.494 e. The highest BCUT2D eigenvalue weighted by Crippen LogP contribution is 2.25. The van der Waals surface area contributed by atoms with Crippen molar-refractivity contribution >= 4 is 0 Å². The number of halogens is 1. The molecule has 1 atom stereocenters. The molecular weight excluding hydrogens is 205 g/mol. The summed E-state index contributed by atoms with van der Waals surface area (Å²) in [6.07, 6.45) is 3.79. The third-order valence-electron chi connectivity index (χ3n) is 3.27. The summed E-state index contributed by atoms with van der Waals surface area (Å²) in [6.45, 7) is 2.07. The van der Waals surface area contributed by atoms with E-state index >= 15 is 0 Å². The fourth-order valence-corrected chi connectivity index (χ4v) is 1.98. The van der Waals surface area contributed by atoms with Gasteiger partial charge in [-0.3, -0.25) is 0 Å². The van der Waals surface area contributed by atoms with Crippen molar-refractivity contribution < 1.29 is 9.13 Å². The zero-order chi connectivity index (χ0) is 11.5. The van der Waals surface area contributed by atoms with Crippen LogP contribution in [0.15, 0.2) is 18.2 Å². The molecule has 1 saturated carbocycles. The monoisotopic (exact) mass is 223 g/mol. The summed E-state index contributed by atoms with van der Waals surface area (Å²) in [7, 11) is 1.48. The molecule has 0 spiro atoms. The minimum atomic E-state index is -0.290. The molecule has 16 heavy (non-hydrogen) atoms. The first kappa shape index (κ1) is 11.4. The molecule has 0 amide bonds. The normalized spacial score (nSPS) is 17.9. The maximum absolute atomic E-state index is 13.5. The topological polar surface area (TPSA) is 21.3 Å². The Morgan fingerprint density at radius 2 is 2.19 bits per heavy atom. The highest BCUT2D eigenvalue weighted by molar-refractivity contribution is 5.30. The SMILES string of the molecule is COc1ccc(C(C)NC2CCC2)cc1F. The van der Waals surface area contributed by atoms with Gasteiger partial charge in [-0.15, -0.1) is 0 Å². The molecular formula is C13H18FNO. The number of benzene rings is 1. The van der Waals surface area contributed by atoms with Crippen LogP contribution in [0.2, 0.25) is 0 Å². The van der Waals surface area contributed by atoms with Gasteiger partial charge in [-0.05, 0) is 37.5 Å². The summed E-state index contributed by atoms with van der Waals surface area (Å²) in [6, 6.07) is 5.96. The summed E-state index contributed by atoms with van der Waals surface area (Å²) < 4.78 is 18.4. The smallest absolute Gasteiger partial charge is 0.165 e. The van der Waals surface area contributed by atoms with E-state index < -0.39 is 0 Å². The van der Waals surface area contributed by atoms with E-state index in [2.05, 4.69) is 12.2 Å². The maximum atomic E-state index is 13.5. The van der Waals surface area contributed by atoms with Gasteiger partial charge in [0.2, 0.25) is 0 Å². The number of hydrogen-bond donors (Lipinski definition) is 1. The molecule has 1 N–H and O–H groups in total. The lowest BCUT2D eigenvalue weighted by Crippen LogP contribution is -2.36. The van der Waals surface area contributed by atoms with E-state index in [1.807, 2.05) is 6.07 Å². The van der Waals surface area contributed by atoms with E-state index in [-0.39, 0.29) is 11.9 Å². The van der Waals surface area contributed by atoms with E-state index in [4.69, 9.17) is 4.74 Å². The number of hydrogen-bond acceptors (Lipinski definition) is 2. The summed E-state index contributed by atoms with van der Waals surface area (Å²) >= 11 is 0. The summed E-state index contributed by atoms with van der Waals surface area (Å²) in [4.78, 5) is 0. The van der Waals surface area contributed by atoms with Gasteiger partial charge in [-0.25, -0.2) is 4.39 Å². The molecule has 2 nitrogen and oxygen atoms in total. The minimum absolute atomic E-state index is 0.200. The van der Waals surface area contributed by atoms with Crippen LogP contribution in [0.5, 0.6) is 5.75 Å². The lowest BCUT2D eigenvalue weighted by Gasteiger charge is -2.30. The van der Waals surface area contributed by atoms with Crippen molar-refractivity contribution in [2.75, 3.05) is 7.11 Å². The van der Waals surface area contributed by atoms with Crippen molar-refractivity contribution in [2.45, 2.75) is 38.3 Å². The molecule has 0 radical (unpaired) electrons. The first-order valence-corrected chi connectivity index (χ1v) is 5.80. The molecule has 0 aliphatic heterocycles. The van der Waals surface area contributed by atoms with Crippen LogP contribution in [0.4, 0.5) is 4.39 Å². The maximum Gasteiger partial charge on any atom is 0.165 e. The highest BCUT2D eigenvalue weighted by Gasteiger charge is 2.20. The zero-order valence-corrected chi connectivity index (χ0v) is 9.79. The Hall–Kier alpha value is -1.09. The zero-order valence-electron chi connectivity index (χ0n) is 9.79. The molecule has 88 valence electrons. The second-order valence-electron chi connectivity index (χ2n) is 4.41. The Labute approximate surface area is 95.8 Å². The van der Waals surface area contributed by atoms with Crippen LogP contribution in [0.3, 0.4) is 0 Å². The van der Waals surface area contributed by atoms with Gasteiger partial charge in [0.05, 0.1) is 7.11 Å². The average molecular weight is 223 g/mol. The highest BCUT2D eigenvalue weighted by atomic mass is 19.1. The van der Waals surface area contributed by atoms with E-state index in [1.54, 1.807) is 12.1 Å². The lowest BCUT2D eigenvalue weighted by molar-refractivity contribution is 0.312. The Morgan fingerprint density at radius 3 is 2.69 bits per heavy atom. The number of ether oxygens (including phenoxy) is 1. The third-order valence-corrected chi connectivity index (χ3v) is 3.27. The van der Waals surface area contributed by atoms with Crippen LogP contribution >= 0.6 is 0 Å². The van der Waals surface area contributed by atoms with Gasteiger partial charge in [0.25, 0.3) is 0 Å². The Bertz CT molecular complexity index is 363. The van der Waals surface area contributed by atoms with E-state index in [9.17, 15) is 4.39 Å². The predicted octanol–water partition coefficient (Wildman–Crippen LogP) is 3.04.